The van der Waals surface area contributed by atoms with Crippen LogP contribution in [0.5, 0.6) is 0 Å². The van der Waals surface area contributed by atoms with Gasteiger partial charge in [-0.15, -0.1) is 0 Å². The molecule has 0 aromatic carbocycles. The number of hydrogen-bond acceptors (Lipinski definition) is 2. The summed E-state index contributed by atoms with van der Waals surface area (Å²) >= 11 is 0. The van der Waals surface area contributed by atoms with Crippen molar-refractivity contribution in [2.75, 3.05) is 26.2 Å². The molecule has 2 nitrogen and oxygen atoms in total. The van der Waals surface area contributed by atoms with Gasteiger partial charge in [0, 0.05) is 12.6 Å². The number of rotatable bonds is 4. The van der Waals surface area contributed by atoms with Crippen LogP contribution in [0.15, 0.2) is 0 Å². The summed E-state index contributed by atoms with van der Waals surface area (Å²) in [5.74, 6) is 0.928. The summed E-state index contributed by atoms with van der Waals surface area (Å²) in [4.78, 5) is 2.68. The van der Waals surface area contributed by atoms with Gasteiger partial charge in [0.15, 0.2) is 0 Å². The van der Waals surface area contributed by atoms with Gasteiger partial charge >= 0.3 is 0 Å². The van der Waals surface area contributed by atoms with E-state index in [-0.39, 0.29) is 0 Å². The Morgan fingerprint density at radius 2 is 1.80 bits per heavy atom. The van der Waals surface area contributed by atoms with Gasteiger partial charge in [0.25, 0.3) is 0 Å². The Hall–Kier alpha value is -0.0800. The van der Waals surface area contributed by atoms with Crippen molar-refractivity contribution >= 4 is 0 Å². The number of nitrogens with one attached hydrogen (secondary N) is 1. The zero-order valence-electron chi connectivity index (χ0n) is 10.2. The third kappa shape index (κ3) is 3.18. The minimum atomic E-state index is 0.810. The Bertz CT molecular complexity index is 173. The first-order valence-corrected chi connectivity index (χ1v) is 6.86. The van der Waals surface area contributed by atoms with Crippen LogP contribution < -0.4 is 5.32 Å². The lowest BCUT2D eigenvalue weighted by Crippen LogP contribution is -2.43. The predicted octanol–water partition coefficient (Wildman–Crippen LogP) is 2.25. The second-order valence-electron chi connectivity index (χ2n) is 5.22. The molecule has 1 saturated carbocycles. The van der Waals surface area contributed by atoms with Crippen LogP contribution in [0.3, 0.4) is 0 Å². The van der Waals surface area contributed by atoms with Crippen molar-refractivity contribution in [2.45, 2.75) is 51.5 Å². The fraction of sp³-hybridized carbons (Fsp3) is 1.00. The van der Waals surface area contributed by atoms with Crippen molar-refractivity contribution < 1.29 is 0 Å². The first-order valence-electron chi connectivity index (χ1n) is 6.86. The highest BCUT2D eigenvalue weighted by Crippen LogP contribution is 2.26. The van der Waals surface area contributed by atoms with Gasteiger partial charge in [0.05, 0.1) is 0 Å². The van der Waals surface area contributed by atoms with Crippen molar-refractivity contribution in [1.82, 2.24) is 10.2 Å². The molecule has 1 saturated heterocycles. The van der Waals surface area contributed by atoms with Gasteiger partial charge < -0.3 is 10.2 Å². The predicted molar refractivity (Wildman–Crippen MR) is 65.1 cm³/mol. The van der Waals surface area contributed by atoms with E-state index < -0.39 is 0 Å². The largest absolute Gasteiger partial charge is 0.314 e. The Morgan fingerprint density at radius 1 is 1.07 bits per heavy atom. The van der Waals surface area contributed by atoms with Gasteiger partial charge in [0.2, 0.25) is 0 Å². The third-order valence-corrected chi connectivity index (χ3v) is 4.07. The second-order valence-corrected chi connectivity index (χ2v) is 5.22. The van der Waals surface area contributed by atoms with Crippen LogP contribution >= 0.6 is 0 Å². The van der Waals surface area contributed by atoms with E-state index in [1.807, 2.05) is 0 Å². The number of likely N-dealkylation sites (tertiary alicyclic amines) is 1. The lowest BCUT2D eigenvalue weighted by molar-refractivity contribution is 0.190. The summed E-state index contributed by atoms with van der Waals surface area (Å²) in [5.41, 5.74) is 0. The molecule has 0 aromatic rings. The van der Waals surface area contributed by atoms with E-state index in [9.17, 15) is 0 Å². The monoisotopic (exact) mass is 210 g/mol. The third-order valence-electron chi connectivity index (χ3n) is 4.07. The molecule has 2 unspecified atom stereocenters. The summed E-state index contributed by atoms with van der Waals surface area (Å²) in [5, 5.41) is 3.68. The summed E-state index contributed by atoms with van der Waals surface area (Å²) < 4.78 is 0. The van der Waals surface area contributed by atoms with Crippen LogP contribution in [0.25, 0.3) is 0 Å². The maximum Gasteiger partial charge on any atom is 0.0107 e. The molecule has 1 heterocycles. The first kappa shape index (κ1) is 11.4. The van der Waals surface area contributed by atoms with Gasteiger partial charge in [-0.2, -0.15) is 0 Å². The first-order chi connectivity index (χ1) is 7.40. The fourth-order valence-electron chi connectivity index (χ4n) is 3.25. The smallest absolute Gasteiger partial charge is 0.0107 e. The highest BCUT2D eigenvalue weighted by Gasteiger charge is 2.26. The van der Waals surface area contributed by atoms with Crippen LogP contribution in [0.1, 0.15) is 45.4 Å². The fourth-order valence-corrected chi connectivity index (χ4v) is 3.25. The Kier molecular flexibility index (Phi) is 4.45. The molecule has 0 spiro atoms. The van der Waals surface area contributed by atoms with Crippen molar-refractivity contribution in [3.05, 3.63) is 0 Å². The summed E-state index contributed by atoms with van der Waals surface area (Å²) in [6.45, 7) is 7.45. The molecule has 0 amide bonds. The normalized spacial score (nSPS) is 33.4. The van der Waals surface area contributed by atoms with Gasteiger partial charge in [-0.1, -0.05) is 19.8 Å². The molecule has 0 bridgehead atoms. The van der Waals surface area contributed by atoms with E-state index in [2.05, 4.69) is 17.1 Å². The van der Waals surface area contributed by atoms with E-state index >= 15 is 0 Å². The summed E-state index contributed by atoms with van der Waals surface area (Å²) in [6.07, 6.45) is 8.62. The van der Waals surface area contributed by atoms with Crippen LogP contribution in [-0.2, 0) is 0 Å². The maximum atomic E-state index is 3.68. The molecule has 2 rings (SSSR count). The summed E-state index contributed by atoms with van der Waals surface area (Å²) in [7, 11) is 0. The quantitative estimate of drug-likeness (QED) is 0.765. The van der Waals surface area contributed by atoms with E-state index in [4.69, 9.17) is 0 Å². The zero-order chi connectivity index (χ0) is 10.5. The van der Waals surface area contributed by atoms with E-state index in [0.717, 1.165) is 18.5 Å². The molecular weight excluding hydrogens is 184 g/mol. The molecule has 15 heavy (non-hydrogen) atoms. The van der Waals surface area contributed by atoms with E-state index in [1.165, 1.54) is 58.2 Å². The summed E-state index contributed by atoms with van der Waals surface area (Å²) in [6, 6.07) is 0.810. The Balaban J connectivity index is 1.80. The standard InChI is InChI=1S/C13H26N2/c1-2-14-13-8-4-3-7-12(13)11-15-9-5-6-10-15/h12-14H,2-11H2,1H3. The molecule has 2 atom stereocenters. The van der Waals surface area contributed by atoms with Crippen molar-refractivity contribution in [2.24, 2.45) is 5.92 Å². The number of nitrogens with zero attached hydrogens (tertiary/aromatic N) is 1. The highest BCUT2D eigenvalue weighted by atomic mass is 15.1. The van der Waals surface area contributed by atoms with Crippen molar-refractivity contribution in [1.29, 1.82) is 0 Å². The van der Waals surface area contributed by atoms with Gasteiger partial charge in [-0.3, -0.25) is 0 Å². The molecule has 1 N–H and O–H groups in total. The van der Waals surface area contributed by atoms with Gasteiger partial charge in [-0.25, -0.2) is 0 Å². The van der Waals surface area contributed by atoms with Crippen LogP contribution in [0, 0.1) is 5.92 Å². The molecular formula is C13H26N2. The lowest BCUT2D eigenvalue weighted by atomic mass is 9.84. The van der Waals surface area contributed by atoms with Gasteiger partial charge in [-0.05, 0) is 51.2 Å². The molecule has 1 aliphatic heterocycles. The molecule has 2 fully saturated rings. The molecule has 0 aromatic heterocycles. The Morgan fingerprint density at radius 3 is 2.53 bits per heavy atom. The van der Waals surface area contributed by atoms with E-state index in [1.54, 1.807) is 0 Å². The minimum absolute atomic E-state index is 0.810. The molecule has 2 heteroatoms. The highest BCUT2D eigenvalue weighted by molar-refractivity contribution is 4.83. The molecule has 2 aliphatic rings. The topological polar surface area (TPSA) is 15.3 Å². The van der Waals surface area contributed by atoms with E-state index in [0.29, 0.717) is 0 Å². The SMILES string of the molecule is CCNC1CCCCC1CN1CCCC1. The zero-order valence-corrected chi connectivity index (χ0v) is 10.2. The maximum absolute atomic E-state index is 3.68. The molecule has 88 valence electrons. The van der Waals surface area contributed by atoms with Crippen LogP contribution in [0.2, 0.25) is 0 Å². The number of hydrogen-bond donors (Lipinski definition) is 1. The van der Waals surface area contributed by atoms with Crippen molar-refractivity contribution in [3.8, 4) is 0 Å². The second kappa shape index (κ2) is 5.86. The van der Waals surface area contributed by atoms with Gasteiger partial charge in [0.1, 0.15) is 0 Å². The average Bonchev–Trinajstić information content (AvgIpc) is 2.74. The minimum Gasteiger partial charge on any atom is -0.314 e. The van der Waals surface area contributed by atoms with Crippen LogP contribution in [0.4, 0.5) is 0 Å². The molecule has 1 aliphatic carbocycles. The van der Waals surface area contributed by atoms with Crippen LogP contribution in [-0.4, -0.2) is 37.1 Å². The average molecular weight is 210 g/mol. The Labute approximate surface area is 94.4 Å². The molecule has 0 radical (unpaired) electrons. The lowest BCUT2D eigenvalue weighted by Gasteiger charge is -2.34. The van der Waals surface area contributed by atoms with Crippen molar-refractivity contribution in [3.63, 3.8) is 0 Å².